The Morgan fingerprint density at radius 2 is 2.16 bits per heavy atom. The van der Waals surface area contributed by atoms with E-state index in [0.717, 1.165) is 18.2 Å². The van der Waals surface area contributed by atoms with Crippen LogP contribution in [0, 0.1) is 10.1 Å². The minimum absolute atomic E-state index is 0.242. The summed E-state index contributed by atoms with van der Waals surface area (Å²) in [6.45, 7) is 1.12. The first kappa shape index (κ1) is 15.3. The number of ether oxygens (including phenoxy) is 2. The first-order chi connectivity index (χ1) is 8.79. The second-order valence-electron chi connectivity index (χ2n) is 3.19. The molecule has 0 saturated carbocycles. The summed E-state index contributed by atoms with van der Waals surface area (Å²) in [5, 5.41) is 10.6. The number of halogens is 3. The van der Waals surface area contributed by atoms with Crippen molar-refractivity contribution in [1.82, 2.24) is 0 Å². The fourth-order valence-corrected chi connectivity index (χ4v) is 1.60. The Kier molecular flexibility index (Phi) is 4.76. The van der Waals surface area contributed by atoms with Crippen molar-refractivity contribution in [3.63, 3.8) is 0 Å². The maximum Gasteiger partial charge on any atom is 0.502 e. The molecule has 0 aliphatic rings. The van der Waals surface area contributed by atoms with Crippen LogP contribution in [0.25, 0.3) is 0 Å². The van der Waals surface area contributed by atoms with Gasteiger partial charge in [0.25, 0.3) is 5.69 Å². The van der Waals surface area contributed by atoms with Crippen molar-refractivity contribution < 1.29 is 28.0 Å². The molecule has 19 heavy (non-hydrogen) atoms. The van der Waals surface area contributed by atoms with E-state index >= 15 is 0 Å². The second kappa shape index (κ2) is 5.91. The zero-order valence-corrected chi connectivity index (χ0v) is 11.1. The zero-order valence-electron chi connectivity index (χ0n) is 9.56. The lowest BCUT2D eigenvalue weighted by Gasteiger charge is -2.16. The largest absolute Gasteiger partial charge is 0.502 e. The van der Waals surface area contributed by atoms with E-state index < -0.39 is 28.4 Å². The molecule has 0 aliphatic carbocycles. The van der Waals surface area contributed by atoms with E-state index in [1.807, 2.05) is 0 Å². The zero-order chi connectivity index (χ0) is 14.6. The van der Waals surface area contributed by atoms with Crippen LogP contribution in [0.15, 0.2) is 22.7 Å². The molecular formula is C10H8BrF2NO5. The Morgan fingerprint density at radius 1 is 1.53 bits per heavy atom. The van der Waals surface area contributed by atoms with Gasteiger partial charge in [-0.3, -0.25) is 10.1 Å². The molecule has 1 aromatic rings. The average molecular weight is 340 g/mol. The Morgan fingerprint density at radius 3 is 2.68 bits per heavy atom. The van der Waals surface area contributed by atoms with Crippen LogP contribution >= 0.6 is 15.9 Å². The van der Waals surface area contributed by atoms with Crippen LogP contribution in [0.2, 0.25) is 0 Å². The monoisotopic (exact) mass is 339 g/mol. The Bertz CT molecular complexity index is 509. The van der Waals surface area contributed by atoms with Crippen LogP contribution in [-0.2, 0) is 9.53 Å². The third-order valence-electron chi connectivity index (χ3n) is 1.89. The Labute approximate surface area is 114 Å². The van der Waals surface area contributed by atoms with Gasteiger partial charge in [-0.25, -0.2) is 4.79 Å². The SMILES string of the molecule is CCOC(=O)C(F)(F)Oc1cccc([N+](=O)[O-])c1Br. The van der Waals surface area contributed by atoms with Crippen LogP contribution in [0.4, 0.5) is 14.5 Å². The molecular weight excluding hydrogens is 332 g/mol. The van der Waals surface area contributed by atoms with Gasteiger partial charge in [0.15, 0.2) is 0 Å². The third-order valence-corrected chi connectivity index (χ3v) is 2.69. The summed E-state index contributed by atoms with van der Waals surface area (Å²) in [6, 6.07) is 3.31. The second-order valence-corrected chi connectivity index (χ2v) is 3.98. The lowest BCUT2D eigenvalue weighted by atomic mass is 10.3. The normalized spacial score (nSPS) is 10.9. The minimum Gasteiger partial charge on any atom is -0.459 e. The number of esters is 1. The molecule has 1 aromatic carbocycles. The van der Waals surface area contributed by atoms with E-state index in [2.05, 4.69) is 25.4 Å². The maximum absolute atomic E-state index is 13.3. The van der Waals surface area contributed by atoms with Gasteiger partial charge in [0, 0.05) is 6.07 Å². The third kappa shape index (κ3) is 3.60. The van der Waals surface area contributed by atoms with Crippen molar-refractivity contribution in [2.75, 3.05) is 6.61 Å². The molecule has 0 heterocycles. The predicted octanol–water partition coefficient (Wildman–Crippen LogP) is 2.89. The first-order valence-corrected chi connectivity index (χ1v) is 5.75. The lowest BCUT2D eigenvalue weighted by Crippen LogP contribution is -2.37. The molecule has 1 rings (SSSR count). The maximum atomic E-state index is 13.3. The molecule has 9 heteroatoms. The number of carbonyl (C=O) groups excluding carboxylic acids is 1. The van der Waals surface area contributed by atoms with Gasteiger partial charge < -0.3 is 9.47 Å². The van der Waals surface area contributed by atoms with Gasteiger partial charge in [-0.2, -0.15) is 8.78 Å². The smallest absolute Gasteiger partial charge is 0.459 e. The fraction of sp³-hybridized carbons (Fsp3) is 0.300. The van der Waals surface area contributed by atoms with Crippen LogP contribution in [0.5, 0.6) is 5.75 Å². The highest BCUT2D eigenvalue weighted by Crippen LogP contribution is 2.36. The number of nitro benzene ring substituents is 1. The van der Waals surface area contributed by atoms with E-state index in [9.17, 15) is 23.7 Å². The minimum atomic E-state index is -4.23. The highest BCUT2D eigenvalue weighted by molar-refractivity contribution is 9.10. The van der Waals surface area contributed by atoms with Crippen molar-refractivity contribution in [2.45, 2.75) is 13.0 Å². The molecule has 0 unspecified atom stereocenters. The van der Waals surface area contributed by atoms with E-state index in [4.69, 9.17) is 0 Å². The van der Waals surface area contributed by atoms with Gasteiger partial charge in [0.2, 0.25) is 0 Å². The van der Waals surface area contributed by atoms with Gasteiger partial charge >= 0.3 is 12.1 Å². The van der Waals surface area contributed by atoms with E-state index in [-0.39, 0.29) is 11.1 Å². The fourth-order valence-electron chi connectivity index (χ4n) is 1.11. The summed E-state index contributed by atoms with van der Waals surface area (Å²) in [6.07, 6.45) is -4.23. The molecule has 0 spiro atoms. The van der Waals surface area contributed by atoms with E-state index in [1.165, 1.54) is 6.92 Å². The van der Waals surface area contributed by atoms with Gasteiger partial charge in [-0.15, -0.1) is 0 Å². The van der Waals surface area contributed by atoms with Gasteiger partial charge in [0.05, 0.1) is 11.5 Å². The number of alkyl halides is 2. The number of nitrogens with zero attached hydrogens (tertiary/aromatic N) is 1. The van der Waals surface area contributed by atoms with Crippen LogP contribution < -0.4 is 4.74 Å². The molecule has 0 aromatic heterocycles. The summed E-state index contributed by atoms with van der Waals surface area (Å²) in [5.74, 6) is -2.40. The molecule has 6 nitrogen and oxygen atoms in total. The molecule has 0 fully saturated rings. The van der Waals surface area contributed by atoms with Gasteiger partial charge in [-0.1, -0.05) is 6.07 Å². The summed E-state index contributed by atoms with van der Waals surface area (Å²) in [5.41, 5.74) is -0.461. The summed E-state index contributed by atoms with van der Waals surface area (Å²) in [7, 11) is 0. The van der Waals surface area contributed by atoms with Gasteiger partial charge in [-0.05, 0) is 28.9 Å². The summed E-state index contributed by atoms with van der Waals surface area (Å²) >= 11 is 2.77. The standard InChI is InChI=1S/C10H8BrF2NO5/c1-2-18-9(15)10(12,13)19-7-5-3-4-6(8(7)11)14(16)17/h3-5H,2H2,1H3. The molecule has 0 N–H and O–H groups in total. The molecule has 0 saturated heterocycles. The highest BCUT2D eigenvalue weighted by Gasteiger charge is 2.45. The molecule has 104 valence electrons. The van der Waals surface area contributed by atoms with Crippen molar-refractivity contribution in [3.8, 4) is 5.75 Å². The average Bonchev–Trinajstić information content (AvgIpc) is 2.31. The van der Waals surface area contributed by atoms with Crippen LogP contribution in [-0.4, -0.2) is 23.6 Å². The topological polar surface area (TPSA) is 78.7 Å². The number of carbonyl (C=O) groups is 1. The number of nitro groups is 1. The van der Waals surface area contributed by atoms with Crippen molar-refractivity contribution in [2.24, 2.45) is 0 Å². The molecule has 0 bridgehead atoms. The molecule has 0 atom stereocenters. The lowest BCUT2D eigenvalue weighted by molar-refractivity contribution is -0.385. The predicted molar refractivity (Wildman–Crippen MR) is 63.0 cm³/mol. The van der Waals surface area contributed by atoms with Gasteiger partial charge in [0.1, 0.15) is 10.2 Å². The number of hydrogen-bond donors (Lipinski definition) is 0. The van der Waals surface area contributed by atoms with E-state index in [1.54, 1.807) is 0 Å². The Balaban J connectivity index is 3.03. The summed E-state index contributed by atoms with van der Waals surface area (Å²) in [4.78, 5) is 20.8. The number of benzene rings is 1. The van der Waals surface area contributed by atoms with Crippen LogP contribution in [0.3, 0.4) is 0 Å². The quantitative estimate of drug-likeness (QED) is 0.468. The Hall–Kier alpha value is -1.77. The molecule has 0 aliphatic heterocycles. The highest BCUT2D eigenvalue weighted by atomic mass is 79.9. The number of hydrogen-bond acceptors (Lipinski definition) is 5. The molecule has 0 radical (unpaired) electrons. The van der Waals surface area contributed by atoms with Crippen molar-refractivity contribution in [3.05, 3.63) is 32.8 Å². The number of rotatable bonds is 5. The van der Waals surface area contributed by atoms with E-state index in [0.29, 0.717) is 0 Å². The van der Waals surface area contributed by atoms with Crippen LogP contribution in [0.1, 0.15) is 6.92 Å². The summed E-state index contributed by atoms with van der Waals surface area (Å²) < 4.78 is 34.7. The van der Waals surface area contributed by atoms with Crippen molar-refractivity contribution >= 4 is 27.6 Å². The molecule has 0 amide bonds. The first-order valence-electron chi connectivity index (χ1n) is 4.96. The van der Waals surface area contributed by atoms with Crippen molar-refractivity contribution in [1.29, 1.82) is 0 Å².